The molecule has 0 saturated heterocycles. The first kappa shape index (κ1) is 14.4. The highest BCUT2D eigenvalue weighted by molar-refractivity contribution is 6.34. The molecule has 20 heavy (non-hydrogen) atoms. The fourth-order valence-electron chi connectivity index (χ4n) is 1.58. The van der Waals surface area contributed by atoms with Gasteiger partial charge in [-0.1, -0.05) is 29.3 Å². The van der Waals surface area contributed by atoms with Gasteiger partial charge in [0.05, 0.1) is 9.95 Å². The van der Waals surface area contributed by atoms with Crippen molar-refractivity contribution < 1.29 is 9.66 Å². The van der Waals surface area contributed by atoms with Gasteiger partial charge in [0.1, 0.15) is 11.4 Å². The fraction of sp³-hybridized carbons (Fsp3) is 0. The van der Waals surface area contributed by atoms with E-state index < -0.39 is 4.92 Å². The van der Waals surface area contributed by atoms with E-state index in [0.29, 0.717) is 5.02 Å². The van der Waals surface area contributed by atoms with Crippen LogP contribution in [0.5, 0.6) is 11.5 Å². The van der Waals surface area contributed by atoms with Crippen LogP contribution in [-0.2, 0) is 0 Å². The van der Waals surface area contributed by atoms with Gasteiger partial charge in [0.2, 0.25) is 5.75 Å². The van der Waals surface area contributed by atoms with E-state index in [4.69, 9.17) is 33.8 Å². The van der Waals surface area contributed by atoms with Crippen LogP contribution in [0, 0.1) is 10.1 Å². The van der Waals surface area contributed by atoms with E-state index in [2.05, 4.69) is 5.43 Å². The first-order valence-corrected chi connectivity index (χ1v) is 6.15. The van der Waals surface area contributed by atoms with Gasteiger partial charge in [0.25, 0.3) is 0 Å². The quantitative estimate of drug-likeness (QED) is 0.506. The van der Waals surface area contributed by atoms with Gasteiger partial charge in [-0.05, 0) is 24.3 Å². The van der Waals surface area contributed by atoms with Gasteiger partial charge in [0.15, 0.2) is 0 Å². The Morgan fingerprint density at radius 1 is 1.20 bits per heavy atom. The summed E-state index contributed by atoms with van der Waals surface area (Å²) in [5, 5.41) is 11.8. The van der Waals surface area contributed by atoms with Crippen LogP contribution in [0.15, 0.2) is 36.4 Å². The molecule has 0 heterocycles. The second-order valence-electron chi connectivity index (χ2n) is 3.73. The van der Waals surface area contributed by atoms with Crippen molar-refractivity contribution >= 4 is 34.6 Å². The predicted octanol–water partition coefficient (Wildman–Crippen LogP) is 3.98. The number of nitro benzene ring substituents is 1. The van der Waals surface area contributed by atoms with Crippen molar-refractivity contribution in [3.05, 3.63) is 56.6 Å². The minimum Gasteiger partial charge on any atom is -0.448 e. The zero-order valence-electron chi connectivity index (χ0n) is 9.97. The SMILES string of the molecule is NNc1cccc(Oc2cc(Cl)ccc2Cl)c1[N+](=O)[O-]. The molecule has 0 amide bonds. The molecular formula is C12H9Cl2N3O3. The van der Waals surface area contributed by atoms with E-state index in [-0.39, 0.29) is 27.9 Å². The minimum absolute atomic E-state index is 0.00890. The lowest BCUT2D eigenvalue weighted by atomic mass is 10.2. The normalized spacial score (nSPS) is 10.2. The van der Waals surface area contributed by atoms with Crippen molar-refractivity contribution in [2.45, 2.75) is 0 Å². The van der Waals surface area contributed by atoms with Crippen molar-refractivity contribution in [2.24, 2.45) is 5.84 Å². The lowest BCUT2D eigenvalue weighted by Gasteiger charge is -2.10. The molecule has 0 aliphatic heterocycles. The third-order valence-corrected chi connectivity index (χ3v) is 3.00. The molecule has 0 radical (unpaired) electrons. The molecule has 0 bridgehead atoms. The van der Waals surface area contributed by atoms with Gasteiger partial charge in [-0.25, -0.2) is 0 Å². The maximum atomic E-state index is 11.1. The standard InChI is InChI=1S/C12H9Cl2N3O3/c13-7-4-5-8(14)11(6-7)20-10-3-1-2-9(16-15)12(10)17(18)19/h1-6,16H,15H2. The number of hydrogen-bond donors (Lipinski definition) is 2. The molecule has 0 fully saturated rings. The Morgan fingerprint density at radius 2 is 1.95 bits per heavy atom. The summed E-state index contributed by atoms with van der Waals surface area (Å²) in [5.41, 5.74) is 2.09. The van der Waals surface area contributed by atoms with E-state index in [9.17, 15) is 10.1 Å². The largest absolute Gasteiger partial charge is 0.448 e. The number of nitro groups is 1. The van der Waals surface area contributed by atoms with Gasteiger partial charge in [-0.3, -0.25) is 16.0 Å². The van der Waals surface area contributed by atoms with Gasteiger partial charge >= 0.3 is 5.69 Å². The number of halogens is 2. The summed E-state index contributed by atoms with van der Waals surface area (Å²) in [6, 6.07) is 9.06. The third kappa shape index (κ3) is 2.93. The Morgan fingerprint density at radius 3 is 2.60 bits per heavy atom. The monoisotopic (exact) mass is 313 g/mol. The van der Waals surface area contributed by atoms with Crippen LogP contribution < -0.4 is 16.0 Å². The van der Waals surface area contributed by atoms with Crippen molar-refractivity contribution in [2.75, 3.05) is 5.43 Å². The Kier molecular flexibility index (Phi) is 4.29. The maximum absolute atomic E-state index is 11.1. The summed E-state index contributed by atoms with van der Waals surface area (Å²) in [6.07, 6.45) is 0. The van der Waals surface area contributed by atoms with Crippen LogP contribution in [0.4, 0.5) is 11.4 Å². The zero-order valence-corrected chi connectivity index (χ0v) is 11.5. The fourth-order valence-corrected chi connectivity index (χ4v) is 1.90. The number of nitrogen functional groups attached to an aromatic ring is 1. The van der Waals surface area contributed by atoms with Gasteiger partial charge in [-0.2, -0.15) is 0 Å². The molecular weight excluding hydrogens is 305 g/mol. The molecule has 2 aromatic rings. The molecule has 104 valence electrons. The summed E-state index contributed by atoms with van der Waals surface area (Å²) in [5.74, 6) is 5.48. The number of nitrogens with one attached hydrogen (secondary N) is 1. The Hall–Kier alpha value is -2.02. The van der Waals surface area contributed by atoms with Crippen LogP contribution in [-0.4, -0.2) is 4.92 Å². The summed E-state index contributed by atoms with van der Waals surface area (Å²) >= 11 is 11.8. The highest BCUT2D eigenvalue weighted by Gasteiger charge is 2.21. The molecule has 3 N–H and O–H groups in total. The number of nitrogens with two attached hydrogens (primary N) is 1. The highest BCUT2D eigenvalue weighted by atomic mass is 35.5. The average Bonchev–Trinajstić information content (AvgIpc) is 2.42. The number of ether oxygens (including phenoxy) is 1. The third-order valence-electron chi connectivity index (χ3n) is 2.45. The smallest absolute Gasteiger partial charge is 0.335 e. The zero-order chi connectivity index (χ0) is 14.7. The molecule has 0 atom stereocenters. The van der Waals surface area contributed by atoms with Crippen LogP contribution in [0.3, 0.4) is 0 Å². The molecule has 0 aliphatic carbocycles. The second kappa shape index (κ2) is 5.96. The molecule has 8 heteroatoms. The molecule has 0 aromatic heterocycles. The van der Waals surface area contributed by atoms with E-state index in [1.165, 1.54) is 24.3 Å². The van der Waals surface area contributed by atoms with E-state index in [1.807, 2.05) is 0 Å². The first-order chi connectivity index (χ1) is 9.52. The molecule has 2 aromatic carbocycles. The molecule has 2 rings (SSSR count). The van der Waals surface area contributed by atoms with Gasteiger partial charge in [0, 0.05) is 11.1 Å². The number of rotatable bonds is 4. The van der Waals surface area contributed by atoms with Crippen molar-refractivity contribution in [3.63, 3.8) is 0 Å². The van der Waals surface area contributed by atoms with Crippen LogP contribution >= 0.6 is 23.2 Å². The molecule has 0 aliphatic rings. The number of nitrogens with zero attached hydrogens (tertiary/aromatic N) is 1. The Bertz CT molecular complexity index is 664. The van der Waals surface area contributed by atoms with Crippen molar-refractivity contribution in [1.82, 2.24) is 0 Å². The first-order valence-electron chi connectivity index (χ1n) is 5.40. The van der Waals surface area contributed by atoms with E-state index in [0.717, 1.165) is 0 Å². The molecule has 0 unspecified atom stereocenters. The van der Waals surface area contributed by atoms with Crippen molar-refractivity contribution in [3.8, 4) is 11.5 Å². The number of hydrogen-bond acceptors (Lipinski definition) is 5. The van der Waals surface area contributed by atoms with Gasteiger partial charge in [-0.15, -0.1) is 0 Å². The summed E-state index contributed by atoms with van der Waals surface area (Å²) in [6.45, 7) is 0. The Balaban J connectivity index is 2.48. The average molecular weight is 314 g/mol. The predicted molar refractivity (Wildman–Crippen MR) is 77.4 cm³/mol. The maximum Gasteiger partial charge on any atom is 0.335 e. The number of benzene rings is 2. The van der Waals surface area contributed by atoms with Crippen LogP contribution in [0.25, 0.3) is 0 Å². The topological polar surface area (TPSA) is 90.4 Å². The lowest BCUT2D eigenvalue weighted by molar-refractivity contribution is -0.384. The number of para-hydroxylation sites is 1. The summed E-state index contributed by atoms with van der Waals surface area (Å²) in [7, 11) is 0. The number of hydrazine groups is 1. The summed E-state index contributed by atoms with van der Waals surface area (Å²) in [4.78, 5) is 10.5. The lowest BCUT2D eigenvalue weighted by Crippen LogP contribution is -2.09. The molecule has 0 saturated carbocycles. The highest BCUT2D eigenvalue weighted by Crippen LogP contribution is 2.39. The second-order valence-corrected chi connectivity index (χ2v) is 4.57. The minimum atomic E-state index is -0.594. The van der Waals surface area contributed by atoms with Gasteiger partial charge < -0.3 is 10.2 Å². The summed E-state index contributed by atoms with van der Waals surface area (Å²) < 4.78 is 5.47. The number of anilines is 1. The molecule has 0 spiro atoms. The Labute approximate surface area is 124 Å². The van der Waals surface area contributed by atoms with Crippen LogP contribution in [0.2, 0.25) is 10.0 Å². The van der Waals surface area contributed by atoms with E-state index in [1.54, 1.807) is 12.1 Å². The van der Waals surface area contributed by atoms with Crippen LogP contribution in [0.1, 0.15) is 0 Å². The van der Waals surface area contributed by atoms with E-state index >= 15 is 0 Å². The van der Waals surface area contributed by atoms with Crippen molar-refractivity contribution in [1.29, 1.82) is 0 Å². The molecule has 6 nitrogen and oxygen atoms in total.